The molecule has 0 N–H and O–H groups in total. The summed E-state index contributed by atoms with van der Waals surface area (Å²) in [5.74, 6) is 2.76. The SMILES string of the molecule is CC1CCCC12CC2CCl. The summed E-state index contributed by atoms with van der Waals surface area (Å²) in [5.41, 5.74) is 0.738. The van der Waals surface area contributed by atoms with Crippen LogP contribution in [0.3, 0.4) is 0 Å². The van der Waals surface area contributed by atoms with E-state index in [1.807, 2.05) is 0 Å². The van der Waals surface area contributed by atoms with E-state index in [0.29, 0.717) is 0 Å². The third-order valence-corrected chi connectivity index (χ3v) is 4.10. The molecule has 0 heterocycles. The van der Waals surface area contributed by atoms with Crippen molar-refractivity contribution in [1.82, 2.24) is 0 Å². The zero-order valence-corrected chi connectivity index (χ0v) is 7.32. The van der Waals surface area contributed by atoms with E-state index >= 15 is 0 Å². The third kappa shape index (κ3) is 0.747. The summed E-state index contributed by atoms with van der Waals surface area (Å²) in [4.78, 5) is 0. The van der Waals surface area contributed by atoms with Crippen molar-refractivity contribution in [2.24, 2.45) is 17.3 Å². The standard InChI is InChI=1S/C9H15Cl/c1-7-3-2-4-9(7)5-8(9)6-10/h7-8H,2-6H2,1H3. The first-order valence-electron chi connectivity index (χ1n) is 4.35. The van der Waals surface area contributed by atoms with Crippen LogP contribution in [0.25, 0.3) is 0 Å². The molecule has 3 atom stereocenters. The number of hydrogen-bond donors (Lipinski definition) is 0. The van der Waals surface area contributed by atoms with Crippen LogP contribution in [-0.2, 0) is 0 Å². The smallest absolute Gasteiger partial charge is 0.0257 e. The Morgan fingerprint density at radius 1 is 1.60 bits per heavy atom. The lowest BCUT2D eigenvalue weighted by Crippen LogP contribution is -2.07. The maximum absolute atomic E-state index is 5.83. The lowest BCUT2D eigenvalue weighted by molar-refractivity contribution is 0.366. The Morgan fingerprint density at radius 2 is 2.40 bits per heavy atom. The van der Waals surface area contributed by atoms with Crippen LogP contribution < -0.4 is 0 Å². The second kappa shape index (κ2) is 2.14. The van der Waals surface area contributed by atoms with Crippen LogP contribution in [0.4, 0.5) is 0 Å². The van der Waals surface area contributed by atoms with Gasteiger partial charge in [-0.15, -0.1) is 11.6 Å². The molecule has 0 nitrogen and oxygen atoms in total. The molecule has 0 bridgehead atoms. The average molecular weight is 159 g/mol. The van der Waals surface area contributed by atoms with Crippen LogP contribution in [0, 0.1) is 17.3 Å². The van der Waals surface area contributed by atoms with Crippen molar-refractivity contribution in [1.29, 1.82) is 0 Å². The van der Waals surface area contributed by atoms with Gasteiger partial charge in [-0.3, -0.25) is 0 Å². The van der Waals surface area contributed by atoms with Gasteiger partial charge in [0.1, 0.15) is 0 Å². The van der Waals surface area contributed by atoms with Crippen molar-refractivity contribution >= 4 is 11.6 Å². The van der Waals surface area contributed by atoms with E-state index in [2.05, 4.69) is 6.92 Å². The highest BCUT2D eigenvalue weighted by Crippen LogP contribution is 2.65. The Labute approximate surface area is 68.0 Å². The third-order valence-electron chi connectivity index (χ3n) is 3.73. The molecule has 3 unspecified atom stereocenters. The molecule has 10 heavy (non-hydrogen) atoms. The maximum atomic E-state index is 5.83. The van der Waals surface area contributed by atoms with Gasteiger partial charge in [0.2, 0.25) is 0 Å². The molecule has 2 aliphatic carbocycles. The molecule has 2 fully saturated rings. The van der Waals surface area contributed by atoms with Gasteiger partial charge < -0.3 is 0 Å². The van der Waals surface area contributed by atoms with E-state index in [-0.39, 0.29) is 0 Å². The summed E-state index contributed by atoms with van der Waals surface area (Å²) in [6, 6.07) is 0. The van der Waals surface area contributed by atoms with E-state index in [9.17, 15) is 0 Å². The highest BCUT2D eigenvalue weighted by molar-refractivity contribution is 6.18. The first-order chi connectivity index (χ1) is 4.79. The zero-order chi connectivity index (χ0) is 7.19. The van der Waals surface area contributed by atoms with Crippen molar-refractivity contribution < 1.29 is 0 Å². The van der Waals surface area contributed by atoms with Crippen molar-refractivity contribution in [3.8, 4) is 0 Å². The molecule has 0 radical (unpaired) electrons. The zero-order valence-electron chi connectivity index (χ0n) is 6.57. The van der Waals surface area contributed by atoms with Gasteiger partial charge in [-0.25, -0.2) is 0 Å². The van der Waals surface area contributed by atoms with Crippen LogP contribution in [0.15, 0.2) is 0 Å². The minimum absolute atomic E-state index is 0.738. The number of alkyl halides is 1. The quantitative estimate of drug-likeness (QED) is 0.515. The first kappa shape index (κ1) is 6.97. The molecular weight excluding hydrogens is 144 g/mol. The monoisotopic (exact) mass is 158 g/mol. The summed E-state index contributed by atoms with van der Waals surface area (Å²) in [7, 11) is 0. The minimum Gasteiger partial charge on any atom is -0.126 e. The minimum atomic E-state index is 0.738. The molecule has 0 aromatic rings. The summed E-state index contributed by atoms with van der Waals surface area (Å²) in [6.07, 6.45) is 5.80. The van der Waals surface area contributed by atoms with Gasteiger partial charge in [0.25, 0.3) is 0 Å². The fraction of sp³-hybridized carbons (Fsp3) is 1.00. The van der Waals surface area contributed by atoms with Crippen molar-refractivity contribution in [2.75, 3.05) is 5.88 Å². The van der Waals surface area contributed by atoms with E-state index in [1.165, 1.54) is 25.7 Å². The second-order valence-electron chi connectivity index (χ2n) is 4.08. The molecule has 2 aliphatic rings. The average Bonchev–Trinajstić information content (AvgIpc) is 2.52. The normalized spacial score (nSPS) is 52.2. The Balaban J connectivity index is 2.04. The van der Waals surface area contributed by atoms with E-state index in [0.717, 1.165) is 23.1 Å². The van der Waals surface area contributed by atoms with Gasteiger partial charge >= 0.3 is 0 Å². The predicted molar refractivity (Wildman–Crippen MR) is 44.3 cm³/mol. The number of rotatable bonds is 1. The second-order valence-corrected chi connectivity index (χ2v) is 4.39. The molecule has 0 amide bonds. The van der Waals surface area contributed by atoms with Crippen molar-refractivity contribution in [3.63, 3.8) is 0 Å². The molecule has 1 spiro atoms. The Morgan fingerprint density at radius 3 is 2.80 bits per heavy atom. The van der Waals surface area contributed by atoms with E-state index < -0.39 is 0 Å². The fourth-order valence-electron chi connectivity index (χ4n) is 2.79. The lowest BCUT2D eigenvalue weighted by Gasteiger charge is -2.13. The van der Waals surface area contributed by atoms with Gasteiger partial charge in [0.15, 0.2) is 0 Å². The van der Waals surface area contributed by atoms with Gasteiger partial charge in [0, 0.05) is 5.88 Å². The predicted octanol–water partition coefficient (Wildman–Crippen LogP) is 3.05. The Hall–Kier alpha value is 0.290. The molecule has 0 aliphatic heterocycles. The topological polar surface area (TPSA) is 0 Å². The molecule has 0 aromatic carbocycles. The van der Waals surface area contributed by atoms with Gasteiger partial charge in [0.05, 0.1) is 0 Å². The lowest BCUT2D eigenvalue weighted by atomic mass is 9.92. The van der Waals surface area contributed by atoms with Gasteiger partial charge in [-0.05, 0) is 30.1 Å². The molecule has 2 saturated carbocycles. The molecular formula is C9H15Cl. The molecule has 1 heteroatoms. The summed E-state index contributed by atoms with van der Waals surface area (Å²) < 4.78 is 0. The summed E-state index contributed by atoms with van der Waals surface area (Å²) in [6.45, 7) is 2.40. The Bertz CT molecular complexity index is 144. The van der Waals surface area contributed by atoms with Crippen LogP contribution >= 0.6 is 11.6 Å². The highest BCUT2D eigenvalue weighted by atomic mass is 35.5. The summed E-state index contributed by atoms with van der Waals surface area (Å²) in [5, 5.41) is 0. The van der Waals surface area contributed by atoms with Crippen LogP contribution in [-0.4, -0.2) is 5.88 Å². The number of hydrogen-bond acceptors (Lipinski definition) is 0. The van der Waals surface area contributed by atoms with Crippen LogP contribution in [0.1, 0.15) is 32.6 Å². The highest BCUT2D eigenvalue weighted by Gasteiger charge is 2.57. The van der Waals surface area contributed by atoms with Gasteiger partial charge in [-0.2, -0.15) is 0 Å². The van der Waals surface area contributed by atoms with Crippen molar-refractivity contribution in [2.45, 2.75) is 32.6 Å². The number of halogens is 1. The molecule has 2 rings (SSSR count). The fourth-order valence-corrected chi connectivity index (χ4v) is 3.21. The maximum Gasteiger partial charge on any atom is 0.0257 e. The molecule has 0 saturated heterocycles. The Kier molecular flexibility index (Phi) is 1.49. The first-order valence-corrected chi connectivity index (χ1v) is 4.89. The summed E-state index contributed by atoms with van der Waals surface area (Å²) >= 11 is 5.83. The molecule has 58 valence electrons. The van der Waals surface area contributed by atoms with E-state index in [4.69, 9.17) is 11.6 Å². The molecule has 0 aromatic heterocycles. The van der Waals surface area contributed by atoms with Gasteiger partial charge in [-0.1, -0.05) is 19.8 Å². The van der Waals surface area contributed by atoms with Crippen LogP contribution in [0.5, 0.6) is 0 Å². The van der Waals surface area contributed by atoms with Crippen LogP contribution in [0.2, 0.25) is 0 Å². The van der Waals surface area contributed by atoms with E-state index in [1.54, 1.807) is 0 Å². The largest absolute Gasteiger partial charge is 0.126 e. The van der Waals surface area contributed by atoms with Crippen molar-refractivity contribution in [3.05, 3.63) is 0 Å².